The minimum atomic E-state index is -0.200. The Labute approximate surface area is 163 Å². The van der Waals surface area contributed by atoms with Gasteiger partial charge in [0.25, 0.3) is 11.5 Å². The molecule has 1 N–H and O–H groups in total. The highest BCUT2D eigenvalue weighted by Gasteiger charge is 2.24. The van der Waals surface area contributed by atoms with Crippen molar-refractivity contribution in [3.05, 3.63) is 40.1 Å². The van der Waals surface area contributed by atoms with E-state index in [0.29, 0.717) is 34.8 Å². The van der Waals surface area contributed by atoms with Gasteiger partial charge in [-0.05, 0) is 25.8 Å². The second-order valence-corrected chi connectivity index (χ2v) is 7.52. The van der Waals surface area contributed by atoms with E-state index in [1.165, 1.54) is 19.3 Å². The van der Waals surface area contributed by atoms with Gasteiger partial charge in [0.1, 0.15) is 17.1 Å². The van der Waals surface area contributed by atoms with Gasteiger partial charge < -0.3 is 14.6 Å². The Kier molecular flexibility index (Phi) is 4.83. The van der Waals surface area contributed by atoms with Crippen molar-refractivity contribution in [2.75, 3.05) is 20.7 Å². The molecule has 1 aliphatic rings. The number of H-pyrrole nitrogens is 1. The molecule has 0 bridgehead atoms. The number of ether oxygens (including phenoxy) is 1. The topological polar surface area (TPSA) is 79.7 Å². The molecular weight excluding hydrogens is 356 g/mol. The van der Waals surface area contributed by atoms with Crippen LogP contribution in [0.15, 0.2) is 23.1 Å². The van der Waals surface area contributed by atoms with Crippen LogP contribution in [-0.2, 0) is 0 Å². The zero-order chi connectivity index (χ0) is 19.8. The summed E-state index contributed by atoms with van der Waals surface area (Å²) in [4.78, 5) is 34.6. The summed E-state index contributed by atoms with van der Waals surface area (Å²) in [5.41, 5.74) is 2.18. The van der Waals surface area contributed by atoms with Crippen molar-refractivity contribution in [2.45, 2.75) is 44.9 Å². The van der Waals surface area contributed by atoms with Crippen molar-refractivity contribution in [1.29, 1.82) is 0 Å². The van der Waals surface area contributed by atoms with Crippen molar-refractivity contribution in [3.63, 3.8) is 0 Å². The number of imidazole rings is 1. The molecule has 0 saturated heterocycles. The lowest BCUT2D eigenvalue weighted by Gasteiger charge is -2.21. The summed E-state index contributed by atoms with van der Waals surface area (Å²) >= 11 is 0. The van der Waals surface area contributed by atoms with Crippen molar-refractivity contribution >= 4 is 22.5 Å². The summed E-state index contributed by atoms with van der Waals surface area (Å²) in [6, 6.07) is 3.55. The minimum absolute atomic E-state index is 0.139. The molecule has 148 valence electrons. The van der Waals surface area contributed by atoms with Gasteiger partial charge >= 0.3 is 0 Å². The minimum Gasteiger partial charge on any atom is -0.496 e. The fraction of sp³-hybridized carbons (Fsp3) is 0.476. The van der Waals surface area contributed by atoms with Crippen LogP contribution in [0.5, 0.6) is 5.75 Å². The number of benzene rings is 1. The maximum atomic E-state index is 12.7. The number of hydrogen-bond acceptors (Lipinski definition) is 4. The number of hydrogen-bond donors (Lipinski definition) is 1. The molecule has 0 atom stereocenters. The summed E-state index contributed by atoms with van der Waals surface area (Å²) in [5.74, 6) is 1.63. The van der Waals surface area contributed by atoms with Gasteiger partial charge in [0, 0.05) is 25.6 Å². The zero-order valence-electron chi connectivity index (χ0n) is 16.6. The van der Waals surface area contributed by atoms with Crippen LogP contribution in [0.4, 0.5) is 0 Å². The summed E-state index contributed by atoms with van der Waals surface area (Å²) in [7, 11) is 3.30. The van der Waals surface area contributed by atoms with Crippen LogP contribution in [0, 0.1) is 0 Å². The number of carbonyl (C=O) groups is 1. The SMILES string of the molecule is CCN(C)C(=O)c1cc2[nH]c(=O)c3cnc(C4CCCCC4)n3c2cc1OC. The molecule has 7 heteroatoms. The molecule has 1 fully saturated rings. The largest absolute Gasteiger partial charge is 0.496 e. The molecule has 0 radical (unpaired) electrons. The second-order valence-electron chi connectivity index (χ2n) is 7.52. The standard InChI is InChI=1S/C21H26N4O3/c1-4-24(2)21(27)14-10-15-16(11-18(14)28-3)25-17(20(26)23-15)12-22-19(25)13-8-6-5-7-9-13/h10-13H,4-9H2,1-3H3,(H,23,26). The third kappa shape index (κ3) is 2.95. The number of aromatic amines is 1. The molecule has 1 aromatic carbocycles. The molecule has 0 spiro atoms. The number of rotatable bonds is 4. The smallest absolute Gasteiger partial charge is 0.274 e. The summed E-state index contributed by atoms with van der Waals surface area (Å²) in [5, 5.41) is 0. The van der Waals surface area contributed by atoms with E-state index in [9.17, 15) is 9.59 Å². The molecule has 28 heavy (non-hydrogen) atoms. The van der Waals surface area contributed by atoms with Crippen molar-refractivity contribution < 1.29 is 9.53 Å². The van der Waals surface area contributed by atoms with Crippen LogP contribution in [0.3, 0.4) is 0 Å². The first-order valence-electron chi connectivity index (χ1n) is 9.92. The zero-order valence-corrected chi connectivity index (χ0v) is 16.6. The average molecular weight is 382 g/mol. The van der Waals surface area contributed by atoms with Crippen molar-refractivity contribution in [3.8, 4) is 5.75 Å². The van der Waals surface area contributed by atoms with E-state index >= 15 is 0 Å². The number of amides is 1. The Hall–Kier alpha value is -2.83. The molecular formula is C21H26N4O3. The molecule has 1 saturated carbocycles. The van der Waals surface area contributed by atoms with E-state index in [2.05, 4.69) is 9.97 Å². The lowest BCUT2D eigenvalue weighted by Crippen LogP contribution is -2.26. The van der Waals surface area contributed by atoms with Gasteiger partial charge in [-0.15, -0.1) is 0 Å². The molecule has 1 aliphatic carbocycles. The second kappa shape index (κ2) is 7.30. The molecule has 0 unspecified atom stereocenters. The van der Waals surface area contributed by atoms with Crippen molar-refractivity contribution in [1.82, 2.24) is 19.3 Å². The number of nitrogens with zero attached hydrogens (tertiary/aromatic N) is 3. The predicted molar refractivity (Wildman–Crippen MR) is 108 cm³/mol. The lowest BCUT2D eigenvalue weighted by atomic mass is 9.88. The monoisotopic (exact) mass is 382 g/mol. The Morgan fingerprint density at radius 3 is 2.71 bits per heavy atom. The first-order valence-corrected chi connectivity index (χ1v) is 9.92. The maximum absolute atomic E-state index is 12.7. The van der Waals surface area contributed by atoms with Gasteiger partial charge in [-0.2, -0.15) is 0 Å². The molecule has 2 heterocycles. The van der Waals surface area contributed by atoms with E-state index in [1.807, 2.05) is 17.4 Å². The molecule has 1 amide bonds. The quantitative estimate of drug-likeness (QED) is 0.751. The Bertz CT molecular complexity index is 1090. The first kappa shape index (κ1) is 18.5. The highest BCUT2D eigenvalue weighted by atomic mass is 16.5. The van der Waals surface area contributed by atoms with Gasteiger partial charge in [-0.3, -0.25) is 14.0 Å². The number of carbonyl (C=O) groups excluding carboxylic acids is 1. The van der Waals surface area contributed by atoms with Gasteiger partial charge in [0.15, 0.2) is 0 Å². The first-order chi connectivity index (χ1) is 13.5. The summed E-state index contributed by atoms with van der Waals surface area (Å²) < 4.78 is 7.49. The fourth-order valence-electron chi connectivity index (χ4n) is 4.15. The van der Waals surface area contributed by atoms with Crippen LogP contribution >= 0.6 is 0 Å². The number of methoxy groups -OCH3 is 1. The van der Waals surface area contributed by atoms with Crippen LogP contribution in [0.25, 0.3) is 16.6 Å². The molecule has 3 aromatic rings. The maximum Gasteiger partial charge on any atom is 0.274 e. The molecule has 2 aromatic heterocycles. The van der Waals surface area contributed by atoms with Crippen molar-refractivity contribution in [2.24, 2.45) is 0 Å². The number of nitrogens with one attached hydrogen (secondary N) is 1. The number of fused-ring (bicyclic) bond motifs is 3. The predicted octanol–water partition coefficient (Wildman–Crippen LogP) is 3.32. The third-order valence-corrected chi connectivity index (χ3v) is 5.85. The highest BCUT2D eigenvalue weighted by Crippen LogP contribution is 2.34. The van der Waals surface area contributed by atoms with Crippen LogP contribution in [-0.4, -0.2) is 45.9 Å². The number of aromatic nitrogens is 3. The summed E-state index contributed by atoms with van der Waals surface area (Å²) in [6.45, 7) is 2.50. The fourth-order valence-corrected chi connectivity index (χ4v) is 4.15. The summed E-state index contributed by atoms with van der Waals surface area (Å²) in [6.07, 6.45) is 7.45. The Balaban J connectivity index is 1.97. The Morgan fingerprint density at radius 2 is 2.04 bits per heavy atom. The Morgan fingerprint density at radius 1 is 1.29 bits per heavy atom. The van der Waals surface area contributed by atoms with Crippen LogP contribution in [0.1, 0.15) is 61.1 Å². The van der Waals surface area contributed by atoms with Gasteiger partial charge in [0.05, 0.1) is 29.9 Å². The van der Waals surface area contributed by atoms with E-state index in [1.54, 1.807) is 31.3 Å². The van der Waals surface area contributed by atoms with Crippen LogP contribution in [0.2, 0.25) is 0 Å². The third-order valence-electron chi connectivity index (χ3n) is 5.85. The molecule has 0 aliphatic heterocycles. The highest BCUT2D eigenvalue weighted by molar-refractivity contribution is 6.00. The normalized spacial score (nSPS) is 15.2. The van der Waals surface area contributed by atoms with Gasteiger partial charge in [-0.25, -0.2) is 4.98 Å². The van der Waals surface area contributed by atoms with E-state index in [0.717, 1.165) is 24.2 Å². The average Bonchev–Trinajstić information content (AvgIpc) is 3.18. The van der Waals surface area contributed by atoms with E-state index in [-0.39, 0.29) is 11.5 Å². The van der Waals surface area contributed by atoms with Crippen LogP contribution < -0.4 is 10.3 Å². The van der Waals surface area contributed by atoms with Gasteiger partial charge in [0.2, 0.25) is 0 Å². The molecule has 7 nitrogen and oxygen atoms in total. The van der Waals surface area contributed by atoms with E-state index in [4.69, 9.17) is 4.74 Å². The van der Waals surface area contributed by atoms with E-state index < -0.39 is 0 Å². The van der Waals surface area contributed by atoms with Gasteiger partial charge in [-0.1, -0.05) is 19.3 Å². The molecule has 4 rings (SSSR count). The lowest BCUT2D eigenvalue weighted by molar-refractivity contribution is 0.0799.